The Morgan fingerprint density at radius 2 is 2.08 bits per heavy atom. The Balaban J connectivity index is 1.70. The van der Waals surface area contributed by atoms with E-state index in [1.165, 1.54) is 0 Å². The van der Waals surface area contributed by atoms with E-state index in [1.54, 1.807) is 24.1 Å². The normalized spacial score (nSPS) is 24.0. The second kappa shape index (κ2) is 6.64. The molecule has 2 N–H and O–H groups in total. The van der Waals surface area contributed by atoms with E-state index >= 15 is 0 Å². The third-order valence-electron chi connectivity index (χ3n) is 4.62. The lowest BCUT2D eigenvalue weighted by atomic mass is 9.90. The van der Waals surface area contributed by atoms with E-state index in [9.17, 15) is 14.7 Å². The molecule has 8 heteroatoms. The van der Waals surface area contributed by atoms with Crippen LogP contribution in [-0.2, 0) is 9.53 Å². The number of carbonyl (C=O) groups excluding carboxylic acids is 1. The van der Waals surface area contributed by atoms with Gasteiger partial charge in [-0.15, -0.1) is 0 Å². The molecule has 0 radical (unpaired) electrons. The van der Waals surface area contributed by atoms with Gasteiger partial charge in [-0.3, -0.25) is 4.79 Å². The minimum Gasteiger partial charge on any atom is -0.481 e. The molecule has 2 aliphatic heterocycles. The maximum absolute atomic E-state index is 12.5. The first-order valence-corrected chi connectivity index (χ1v) is 8.07. The highest BCUT2D eigenvalue weighted by molar-refractivity contribution is 5.93. The Labute approximate surface area is 140 Å². The summed E-state index contributed by atoms with van der Waals surface area (Å²) >= 11 is 0. The molecule has 2 saturated heterocycles. The highest BCUT2D eigenvalue weighted by Gasteiger charge is 2.42. The van der Waals surface area contributed by atoms with Crippen LogP contribution in [0.2, 0.25) is 0 Å². The van der Waals surface area contributed by atoms with Gasteiger partial charge in [-0.05, 0) is 25.5 Å². The van der Waals surface area contributed by atoms with Gasteiger partial charge >= 0.3 is 12.0 Å². The van der Waals surface area contributed by atoms with Crippen LogP contribution in [0.1, 0.15) is 13.3 Å². The maximum Gasteiger partial charge on any atom is 0.321 e. The zero-order valence-electron chi connectivity index (χ0n) is 13.7. The summed E-state index contributed by atoms with van der Waals surface area (Å²) in [6.45, 7) is 5.02. The molecular formula is C16H22N4O4. The number of rotatable bonds is 3. The van der Waals surface area contributed by atoms with Crippen LogP contribution in [0.3, 0.4) is 0 Å². The molecule has 2 aliphatic rings. The van der Waals surface area contributed by atoms with Crippen LogP contribution >= 0.6 is 0 Å². The van der Waals surface area contributed by atoms with Crippen molar-refractivity contribution in [3.8, 4) is 0 Å². The van der Waals surface area contributed by atoms with Crippen molar-refractivity contribution in [3.63, 3.8) is 0 Å². The molecule has 2 fully saturated rings. The second-order valence-electron chi connectivity index (χ2n) is 6.44. The van der Waals surface area contributed by atoms with Crippen LogP contribution in [0.15, 0.2) is 18.3 Å². The molecule has 130 valence electrons. The first-order chi connectivity index (χ1) is 11.5. The van der Waals surface area contributed by atoms with Gasteiger partial charge in [0.2, 0.25) is 0 Å². The van der Waals surface area contributed by atoms with Crippen molar-refractivity contribution in [2.45, 2.75) is 13.3 Å². The van der Waals surface area contributed by atoms with Gasteiger partial charge in [0.1, 0.15) is 0 Å². The molecule has 0 spiro atoms. The Morgan fingerprint density at radius 3 is 2.75 bits per heavy atom. The molecule has 1 aromatic rings. The predicted octanol–water partition coefficient (Wildman–Crippen LogP) is 1.25. The number of nitrogens with zero attached hydrogens (tertiary/aromatic N) is 3. The molecule has 1 aromatic heterocycles. The van der Waals surface area contributed by atoms with E-state index in [0.717, 1.165) is 13.1 Å². The lowest BCUT2D eigenvalue weighted by molar-refractivity contribution is -0.146. The van der Waals surface area contributed by atoms with Crippen molar-refractivity contribution in [2.75, 3.05) is 49.6 Å². The Hall–Kier alpha value is -2.35. The maximum atomic E-state index is 12.5. The Bertz CT molecular complexity index is 632. The Kier molecular flexibility index (Phi) is 4.57. The van der Waals surface area contributed by atoms with Gasteiger partial charge in [-0.25, -0.2) is 9.78 Å². The van der Waals surface area contributed by atoms with Gasteiger partial charge < -0.3 is 25.0 Å². The van der Waals surface area contributed by atoms with Gasteiger partial charge in [0.05, 0.1) is 24.3 Å². The van der Waals surface area contributed by atoms with E-state index in [1.807, 2.05) is 6.07 Å². The molecule has 3 heterocycles. The predicted molar refractivity (Wildman–Crippen MR) is 88.2 cm³/mol. The van der Waals surface area contributed by atoms with E-state index in [-0.39, 0.29) is 12.6 Å². The average molecular weight is 334 g/mol. The number of anilines is 2. The third-order valence-corrected chi connectivity index (χ3v) is 4.62. The van der Waals surface area contributed by atoms with Crippen LogP contribution < -0.4 is 10.2 Å². The molecule has 2 amide bonds. The molecular weight excluding hydrogens is 312 g/mol. The SMILES string of the molecule is CC1(C(=O)O)CCN(C(=O)Nc2cccnc2N2CCOCC2)C1. The van der Waals surface area contributed by atoms with Crippen LogP contribution in [0, 0.1) is 5.41 Å². The third kappa shape index (κ3) is 3.28. The van der Waals surface area contributed by atoms with Gasteiger partial charge in [-0.2, -0.15) is 0 Å². The molecule has 24 heavy (non-hydrogen) atoms. The number of aliphatic carboxylic acids is 1. The van der Waals surface area contributed by atoms with E-state index in [4.69, 9.17) is 4.74 Å². The fourth-order valence-electron chi connectivity index (χ4n) is 3.02. The fraction of sp³-hybridized carbons (Fsp3) is 0.562. The van der Waals surface area contributed by atoms with Crippen molar-refractivity contribution in [3.05, 3.63) is 18.3 Å². The van der Waals surface area contributed by atoms with E-state index < -0.39 is 11.4 Å². The first-order valence-electron chi connectivity index (χ1n) is 8.07. The summed E-state index contributed by atoms with van der Waals surface area (Å²) in [6.07, 6.45) is 2.15. The number of likely N-dealkylation sites (tertiary alicyclic amines) is 1. The molecule has 0 aliphatic carbocycles. The number of ether oxygens (including phenoxy) is 1. The van der Waals surface area contributed by atoms with E-state index in [2.05, 4.69) is 15.2 Å². The van der Waals surface area contributed by atoms with Gasteiger partial charge in [-0.1, -0.05) is 0 Å². The van der Waals surface area contributed by atoms with Gasteiger partial charge in [0, 0.05) is 32.4 Å². The summed E-state index contributed by atoms with van der Waals surface area (Å²) < 4.78 is 5.35. The smallest absolute Gasteiger partial charge is 0.321 e. The zero-order valence-corrected chi connectivity index (χ0v) is 13.7. The number of carbonyl (C=O) groups is 2. The summed E-state index contributed by atoms with van der Waals surface area (Å²) in [5.74, 6) is -0.150. The number of aromatic nitrogens is 1. The summed E-state index contributed by atoms with van der Waals surface area (Å²) in [4.78, 5) is 31.8. The Morgan fingerprint density at radius 1 is 1.33 bits per heavy atom. The van der Waals surface area contributed by atoms with Crippen molar-refractivity contribution >= 4 is 23.5 Å². The van der Waals surface area contributed by atoms with Crippen molar-refractivity contribution in [2.24, 2.45) is 5.41 Å². The number of carboxylic acids is 1. The van der Waals surface area contributed by atoms with Gasteiger partial charge in [0.15, 0.2) is 5.82 Å². The summed E-state index contributed by atoms with van der Waals surface area (Å²) in [5.41, 5.74) is -0.243. The number of pyridine rings is 1. The van der Waals surface area contributed by atoms with Crippen LogP contribution in [0.25, 0.3) is 0 Å². The lowest BCUT2D eigenvalue weighted by Crippen LogP contribution is -2.39. The van der Waals surface area contributed by atoms with Crippen LogP contribution in [0.4, 0.5) is 16.3 Å². The molecule has 0 saturated carbocycles. The number of urea groups is 1. The van der Waals surface area contributed by atoms with Crippen LogP contribution in [-0.4, -0.2) is 66.4 Å². The number of carboxylic acid groups (broad SMARTS) is 1. The van der Waals surface area contributed by atoms with Crippen molar-refractivity contribution < 1.29 is 19.4 Å². The highest BCUT2D eigenvalue weighted by atomic mass is 16.5. The van der Waals surface area contributed by atoms with Crippen molar-refractivity contribution in [1.29, 1.82) is 0 Å². The number of hydrogen-bond acceptors (Lipinski definition) is 5. The molecule has 0 bridgehead atoms. The minimum absolute atomic E-state index is 0.210. The summed E-state index contributed by atoms with van der Waals surface area (Å²) in [7, 11) is 0. The molecule has 0 aromatic carbocycles. The summed E-state index contributed by atoms with van der Waals surface area (Å²) in [5, 5.41) is 12.2. The number of amides is 2. The number of nitrogens with one attached hydrogen (secondary N) is 1. The van der Waals surface area contributed by atoms with Crippen LogP contribution in [0.5, 0.6) is 0 Å². The lowest BCUT2D eigenvalue weighted by Gasteiger charge is -2.29. The number of morpholine rings is 1. The molecule has 1 unspecified atom stereocenters. The van der Waals surface area contributed by atoms with E-state index in [0.29, 0.717) is 37.7 Å². The zero-order chi connectivity index (χ0) is 17.2. The monoisotopic (exact) mass is 334 g/mol. The fourth-order valence-corrected chi connectivity index (χ4v) is 3.02. The molecule has 8 nitrogen and oxygen atoms in total. The highest BCUT2D eigenvalue weighted by Crippen LogP contribution is 2.31. The standard InChI is InChI=1S/C16H22N4O4/c1-16(14(21)22)4-6-20(11-16)15(23)18-12-3-2-5-17-13(12)19-7-9-24-10-8-19/h2-3,5H,4,6-11H2,1H3,(H,18,23)(H,21,22). The minimum atomic E-state index is -0.876. The average Bonchev–Trinajstić information content (AvgIpc) is 3.00. The molecule has 1 atom stereocenters. The number of hydrogen-bond donors (Lipinski definition) is 2. The second-order valence-corrected chi connectivity index (χ2v) is 6.44. The molecule has 3 rings (SSSR count). The first kappa shape index (κ1) is 16.5. The largest absolute Gasteiger partial charge is 0.481 e. The summed E-state index contributed by atoms with van der Waals surface area (Å²) in [6, 6.07) is 3.29. The topological polar surface area (TPSA) is 95.0 Å². The van der Waals surface area contributed by atoms with Gasteiger partial charge in [0.25, 0.3) is 0 Å². The quantitative estimate of drug-likeness (QED) is 0.864. The van der Waals surface area contributed by atoms with Crippen molar-refractivity contribution in [1.82, 2.24) is 9.88 Å².